The molecule has 24 heavy (non-hydrogen) atoms. The van der Waals surface area contributed by atoms with Crippen LogP contribution in [0.4, 0.5) is 5.00 Å². The van der Waals surface area contributed by atoms with Crippen LogP contribution < -0.4 is 5.32 Å². The molecule has 0 aromatic carbocycles. The molecule has 1 saturated heterocycles. The van der Waals surface area contributed by atoms with Gasteiger partial charge in [-0.25, -0.2) is 4.79 Å². The van der Waals surface area contributed by atoms with Crippen LogP contribution in [0.2, 0.25) is 0 Å². The molecule has 0 radical (unpaired) electrons. The normalized spacial score (nSPS) is 17.5. The van der Waals surface area contributed by atoms with Crippen LogP contribution in [-0.4, -0.2) is 55.2 Å². The van der Waals surface area contributed by atoms with Gasteiger partial charge in [0.1, 0.15) is 5.00 Å². The molecular formula is C17H26N2O4S. The number of carbonyl (C=O) groups excluding carboxylic acids is 2. The maximum atomic E-state index is 12.5. The number of thiophene rings is 1. The first-order valence-electron chi connectivity index (χ1n) is 8.29. The summed E-state index contributed by atoms with van der Waals surface area (Å²) in [4.78, 5) is 27.7. The van der Waals surface area contributed by atoms with E-state index >= 15 is 0 Å². The van der Waals surface area contributed by atoms with E-state index in [0.717, 1.165) is 17.8 Å². The van der Waals surface area contributed by atoms with Crippen LogP contribution in [-0.2, 0) is 20.7 Å². The number of nitrogens with one attached hydrogen (secondary N) is 1. The topological polar surface area (TPSA) is 67.9 Å². The second-order valence-corrected chi connectivity index (χ2v) is 7.50. The van der Waals surface area contributed by atoms with Crippen molar-refractivity contribution in [2.24, 2.45) is 0 Å². The first kappa shape index (κ1) is 18.9. The average Bonchev–Trinajstić information content (AvgIpc) is 2.92. The Morgan fingerprint density at radius 2 is 2.17 bits per heavy atom. The highest BCUT2D eigenvalue weighted by atomic mass is 32.1. The number of aryl methyl sites for hydroxylation is 1. The fraction of sp³-hybridized carbons (Fsp3) is 0.647. The lowest BCUT2D eigenvalue weighted by Crippen LogP contribution is -2.55. The molecule has 1 aromatic heterocycles. The number of amides is 1. The molecule has 0 saturated carbocycles. The van der Waals surface area contributed by atoms with Crippen LogP contribution in [0.5, 0.6) is 0 Å². The zero-order valence-electron chi connectivity index (χ0n) is 14.8. The molecule has 1 N–H and O–H groups in total. The quantitative estimate of drug-likeness (QED) is 0.795. The lowest BCUT2D eigenvalue weighted by molar-refractivity contribution is -0.122. The highest BCUT2D eigenvalue weighted by molar-refractivity contribution is 7.16. The minimum absolute atomic E-state index is 0.125. The molecule has 7 heteroatoms. The SMILES string of the molecule is CCOC(=O)c1cc(CC)sc1NC(=O)CN1CCOCC1(C)C. The van der Waals surface area contributed by atoms with Gasteiger partial charge in [0.05, 0.1) is 31.9 Å². The van der Waals surface area contributed by atoms with Crippen LogP contribution in [0.3, 0.4) is 0 Å². The number of morpholine rings is 1. The van der Waals surface area contributed by atoms with E-state index in [1.165, 1.54) is 11.3 Å². The Morgan fingerprint density at radius 1 is 1.42 bits per heavy atom. The summed E-state index contributed by atoms with van der Waals surface area (Å²) in [7, 11) is 0. The Balaban J connectivity index is 2.08. The van der Waals surface area contributed by atoms with Crippen LogP contribution in [0.25, 0.3) is 0 Å². The van der Waals surface area contributed by atoms with E-state index in [0.29, 0.717) is 30.4 Å². The van der Waals surface area contributed by atoms with Crippen molar-refractivity contribution in [3.05, 3.63) is 16.5 Å². The molecule has 1 aromatic rings. The third-order valence-corrected chi connectivity index (χ3v) is 5.23. The van der Waals surface area contributed by atoms with Crippen molar-refractivity contribution in [1.29, 1.82) is 0 Å². The highest BCUT2D eigenvalue weighted by Crippen LogP contribution is 2.29. The van der Waals surface area contributed by atoms with E-state index < -0.39 is 5.97 Å². The maximum absolute atomic E-state index is 12.5. The number of anilines is 1. The van der Waals surface area contributed by atoms with Crippen LogP contribution in [0.1, 0.15) is 42.9 Å². The molecule has 1 fully saturated rings. The van der Waals surface area contributed by atoms with E-state index in [2.05, 4.69) is 24.1 Å². The second kappa shape index (κ2) is 8.09. The van der Waals surface area contributed by atoms with E-state index in [1.807, 2.05) is 6.92 Å². The smallest absolute Gasteiger partial charge is 0.341 e. The average molecular weight is 354 g/mol. The molecule has 2 rings (SSSR count). The van der Waals surface area contributed by atoms with Gasteiger partial charge in [0, 0.05) is 17.0 Å². The number of hydrogen-bond donors (Lipinski definition) is 1. The Morgan fingerprint density at radius 3 is 2.79 bits per heavy atom. The number of carbonyl (C=O) groups is 2. The molecule has 134 valence electrons. The van der Waals surface area contributed by atoms with Crippen molar-refractivity contribution in [1.82, 2.24) is 4.90 Å². The monoisotopic (exact) mass is 354 g/mol. The standard InChI is InChI=1S/C17H26N2O4S/c1-5-12-9-13(16(21)23-6-2)15(24-12)18-14(20)10-19-7-8-22-11-17(19,3)4/h9H,5-8,10-11H2,1-4H3,(H,18,20). The van der Waals surface area contributed by atoms with Crippen molar-refractivity contribution in [2.75, 3.05) is 38.2 Å². The number of nitrogens with zero attached hydrogens (tertiary/aromatic N) is 1. The molecular weight excluding hydrogens is 328 g/mol. The number of ether oxygens (including phenoxy) is 2. The third kappa shape index (κ3) is 4.55. The van der Waals surface area contributed by atoms with E-state index in [1.54, 1.807) is 13.0 Å². The van der Waals surface area contributed by atoms with Gasteiger partial charge in [-0.3, -0.25) is 9.69 Å². The summed E-state index contributed by atoms with van der Waals surface area (Å²) < 4.78 is 10.6. The molecule has 0 bridgehead atoms. The van der Waals surface area contributed by atoms with Crippen LogP contribution >= 0.6 is 11.3 Å². The predicted octanol–water partition coefficient (Wildman–Crippen LogP) is 2.54. The van der Waals surface area contributed by atoms with E-state index in [4.69, 9.17) is 9.47 Å². The summed E-state index contributed by atoms with van der Waals surface area (Å²) in [5, 5.41) is 3.46. The molecule has 0 unspecified atom stereocenters. The minimum atomic E-state index is -0.393. The van der Waals surface area contributed by atoms with Gasteiger partial charge in [-0.15, -0.1) is 11.3 Å². The van der Waals surface area contributed by atoms with E-state index in [9.17, 15) is 9.59 Å². The van der Waals surface area contributed by atoms with Crippen LogP contribution in [0.15, 0.2) is 6.07 Å². The molecule has 6 nitrogen and oxygen atoms in total. The summed E-state index contributed by atoms with van der Waals surface area (Å²) in [5.41, 5.74) is 0.261. The molecule has 0 aliphatic carbocycles. The molecule has 1 aliphatic heterocycles. The lowest BCUT2D eigenvalue weighted by atomic mass is 10.0. The van der Waals surface area contributed by atoms with Gasteiger partial charge in [-0.05, 0) is 33.3 Å². The molecule has 1 amide bonds. The Kier molecular flexibility index (Phi) is 6.37. The summed E-state index contributed by atoms with van der Waals surface area (Å²) in [6.45, 7) is 10.4. The van der Waals surface area contributed by atoms with E-state index in [-0.39, 0.29) is 18.0 Å². The highest BCUT2D eigenvalue weighted by Gasteiger charge is 2.32. The van der Waals surface area contributed by atoms with Gasteiger partial charge in [-0.1, -0.05) is 6.92 Å². The van der Waals surface area contributed by atoms with Gasteiger partial charge in [0.2, 0.25) is 5.91 Å². The minimum Gasteiger partial charge on any atom is -0.462 e. The van der Waals surface area contributed by atoms with Crippen molar-refractivity contribution < 1.29 is 19.1 Å². The van der Waals surface area contributed by atoms with Gasteiger partial charge in [0.15, 0.2) is 0 Å². The van der Waals surface area contributed by atoms with Gasteiger partial charge >= 0.3 is 5.97 Å². The molecule has 2 heterocycles. The summed E-state index contributed by atoms with van der Waals surface area (Å²) in [5.74, 6) is -0.518. The van der Waals surface area contributed by atoms with Gasteiger partial charge in [0.25, 0.3) is 0 Å². The van der Waals surface area contributed by atoms with Crippen molar-refractivity contribution in [3.63, 3.8) is 0 Å². The second-order valence-electron chi connectivity index (χ2n) is 6.36. The van der Waals surface area contributed by atoms with Crippen molar-refractivity contribution in [3.8, 4) is 0 Å². The van der Waals surface area contributed by atoms with Crippen molar-refractivity contribution >= 4 is 28.2 Å². The summed E-state index contributed by atoms with van der Waals surface area (Å²) >= 11 is 1.43. The largest absolute Gasteiger partial charge is 0.462 e. The predicted molar refractivity (Wildman–Crippen MR) is 94.8 cm³/mol. The third-order valence-electron chi connectivity index (χ3n) is 4.03. The number of esters is 1. The zero-order valence-corrected chi connectivity index (χ0v) is 15.6. The van der Waals surface area contributed by atoms with Crippen molar-refractivity contribution in [2.45, 2.75) is 39.7 Å². The van der Waals surface area contributed by atoms with Gasteiger partial charge in [-0.2, -0.15) is 0 Å². The lowest BCUT2D eigenvalue weighted by Gasteiger charge is -2.41. The fourth-order valence-corrected chi connectivity index (χ4v) is 3.59. The first-order valence-corrected chi connectivity index (χ1v) is 9.11. The Hall–Kier alpha value is -1.44. The maximum Gasteiger partial charge on any atom is 0.341 e. The molecule has 0 atom stereocenters. The summed E-state index contributed by atoms with van der Waals surface area (Å²) in [6, 6.07) is 1.80. The Bertz CT molecular complexity index is 597. The first-order chi connectivity index (χ1) is 11.4. The number of hydrogen-bond acceptors (Lipinski definition) is 6. The Labute approximate surface area is 147 Å². The zero-order chi connectivity index (χ0) is 17.7. The van der Waals surface area contributed by atoms with Crippen LogP contribution in [0, 0.1) is 0 Å². The molecule has 1 aliphatic rings. The summed E-state index contributed by atoms with van der Waals surface area (Å²) in [6.07, 6.45) is 0.809. The van der Waals surface area contributed by atoms with Gasteiger partial charge < -0.3 is 14.8 Å². The molecule has 0 spiro atoms. The fourth-order valence-electron chi connectivity index (χ4n) is 2.59. The number of rotatable bonds is 6.